The summed E-state index contributed by atoms with van der Waals surface area (Å²) in [6.07, 6.45) is -0.208. The fraction of sp³-hybridized carbons (Fsp3) is 0.333. The van der Waals surface area contributed by atoms with Gasteiger partial charge in [0.1, 0.15) is 0 Å². The molecule has 0 aliphatic heterocycles. The number of benzene rings is 1. The third kappa shape index (κ3) is 4.54. The number of rotatable bonds is 7. The van der Waals surface area contributed by atoms with Crippen LogP contribution in [0.4, 0.5) is 5.69 Å². The molecule has 0 fully saturated rings. The van der Waals surface area contributed by atoms with E-state index in [0.717, 1.165) is 0 Å². The van der Waals surface area contributed by atoms with Crippen molar-refractivity contribution in [3.8, 4) is 0 Å². The molecule has 4 N–H and O–H groups in total. The Morgan fingerprint density at radius 1 is 1.35 bits per heavy atom. The van der Waals surface area contributed by atoms with Crippen LogP contribution in [0, 0.1) is 6.92 Å². The van der Waals surface area contributed by atoms with Crippen molar-refractivity contribution in [3.05, 3.63) is 29.3 Å². The molecule has 1 rings (SSSR count). The third-order valence-electron chi connectivity index (χ3n) is 2.67. The van der Waals surface area contributed by atoms with Crippen molar-refractivity contribution < 1.29 is 23.1 Å². The maximum Gasteiger partial charge on any atom is 0.303 e. The van der Waals surface area contributed by atoms with Crippen LogP contribution in [-0.4, -0.2) is 31.2 Å². The van der Waals surface area contributed by atoms with Gasteiger partial charge in [0.15, 0.2) is 0 Å². The number of nitrogens with two attached hydrogens (primary N) is 1. The number of anilines is 1. The standard InChI is InChI=1S/C12H16N2O5S/c1-8-9(12(13)17)4-2-5-10(8)14-20(18,19)7-3-6-11(15)16/h2,4-5,14H,3,6-7H2,1H3,(H2,13,17)(H,15,16). The molecule has 0 aliphatic rings. The summed E-state index contributed by atoms with van der Waals surface area (Å²) in [6, 6.07) is 4.53. The monoisotopic (exact) mass is 300 g/mol. The van der Waals surface area contributed by atoms with E-state index in [1.165, 1.54) is 18.2 Å². The fourth-order valence-electron chi connectivity index (χ4n) is 1.65. The molecule has 0 bridgehead atoms. The highest BCUT2D eigenvalue weighted by Crippen LogP contribution is 2.20. The van der Waals surface area contributed by atoms with Crippen molar-refractivity contribution in [2.45, 2.75) is 19.8 Å². The molecule has 1 amide bonds. The summed E-state index contributed by atoms with van der Waals surface area (Å²) >= 11 is 0. The van der Waals surface area contributed by atoms with Crippen LogP contribution in [0.1, 0.15) is 28.8 Å². The smallest absolute Gasteiger partial charge is 0.303 e. The zero-order valence-corrected chi connectivity index (χ0v) is 11.7. The molecule has 7 nitrogen and oxygen atoms in total. The van der Waals surface area contributed by atoms with E-state index in [4.69, 9.17) is 10.8 Å². The van der Waals surface area contributed by atoms with Crippen molar-refractivity contribution in [1.29, 1.82) is 0 Å². The van der Waals surface area contributed by atoms with Crippen molar-refractivity contribution in [2.24, 2.45) is 5.73 Å². The summed E-state index contributed by atoms with van der Waals surface area (Å²) in [4.78, 5) is 21.5. The summed E-state index contributed by atoms with van der Waals surface area (Å²) in [5.41, 5.74) is 6.10. The first-order chi connectivity index (χ1) is 9.23. The van der Waals surface area contributed by atoms with Crippen LogP contribution in [0.2, 0.25) is 0 Å². The largest absolute Gasteiger partial charge is 0.481 e. The molecule has 0 atom stereocenters. The predicted molar refractivity (Wildman–Crippen MR) is 74.0 cm³/mol. The van der Waals surface area contributed by atoms with Crippen LogP contribution in [0.25, 0.3) is 0 Å². The Hall–Kier alpha value is -2.09. The van der Waals surface area contributed by atoms with Crippen LogP contribution in [-0.2, 0) is 14.8 Å². The number of carboxylic acid groups (broad SMARTS) is 1. The van der Waals surface area contributed by atoms with Gasteiger partial charge in [-0.05, 0) is 31.0 Å². The second-order valence-electron chi connectivity index (χ2n) is 4.26. The zero-order chi connectivity index (χ0) is 15.3. The average molecular weight is 300 g/mol. The summed E-state index contributed by atoms with van der Waals surface area (Å²) in [5, 5.41) is 8.48. The molecule has 110 valence electrons. The number of primary amides is 1. The number of amides is 1. The fourth-order valence-corrected chi connectivity index (χ4v) is 2.83. The molecular weight excluding hydrogens is 284 g/mol. The lowest BCUT2D eigenvalue weighted by molar-refractivity contribution is -0.137. The first-order valence-corrected chi connectivity index (χ1v) is 7.50. The number of carbonyl (C=O) groups is 2. The Labute approximate surface area is 116 Å². The van der Waals surface area contributed by atoms with Crippen LogP contribution in [0.5, 0.6) is 0 Å². The van der Waals surface area contributed by atoms with Gasteiger partial charge in [-0.15, -0.1) is 0 Å². The molecule has 0 saturated heterocycles. The molecule has 8 heteroatoms. The van der Waals surface area contributed by atoms with Gasteiger partial charge in [0, 0.05) is 12.0 Å². The molecule has 1 aromatic carbocycles. The highest BCUT2D eigenvalue weighted by Gasteiger charge is 2.15. The number of aliphatic carboxylic acids is 1. The maximum absolute atomic E-state index is 11.8. The predicted octanol–water partition coefficient (Wildman–Crippen LogP) is 0.700. The minimum Gasteiger partial charge on any atom is -0.481 e. The van der Waals surface area contributed by atoms with Gasteiger partial charge < -0.3 is 10.8 Å². The minimum atomic E-state index is -3.66. The maximum atomic E-state index is 11.8. The Morgan fingerprint density at radius 2 is 2.00 bits per heavy atom. The Balaban J connectivity index is 2.85. The number of hydrogen-bond acceptors (Lipinski definition) is 4. The number of hydrogen-bond donors (Lipinski definition) is 3. The molecule has 0 aliphatic carbocycles. The molecule has 0 aromatic heterocycles. The van der Waals surface area contributed by atoms with Gasteiger partial charge in [-0.2, -0.15) is 0 Å². The third-order valence-corrected chi connectivity index (χ3v) is 4.03. The second kappa shape index (κ2) is 6.38. The van der Waals surface area contributed by atoms with Crippen molar-refractivity contribution in [1.82, 2.24) is 0 Å². The quantitative estimate of drug-likeness (QED) is 0.683. The minimum absolute atomic E-state index is 0.0131. The van der Waals surface area contributed by atoms with E-state index < -0.39 is 21.9 Å². The molecule has 0 radical (unpaired) electrons. The van der Waals surface area contributed by atoms with Crippen molar-refractivity contribution in [2.75, 3.05) is 10.5 Å². The van der Waals surface area contributed by atoms with E-state index in [-0.39, 0.29) is 29.8 Å². The first kappa shape index (κ1) is 16.0. The molecule has 1 aromatic rings. The summed E-state index contributed by atoms with van der Waals surface area (Å²) in [5.74, 6) is -2.00. The Bertz CT molecular complexity index is 625. The molecule has 0 spiro atoms. The number of nitrogens with one attached hydrogen (secondary N) is 1. The van der Waals surface area contributed by atoms with Gasteiger partial charge in [-0.3, -0.25) is 14.3 Å². The summed E-state index contributed by atoms with van der Waals surface area (Å²) < 4.78 is 25.9. The average Bonchev–Trinajstić information content (AvgIpc) is 2.30. The van der Waals surface area contributed by atoms with Gasteiger partial charge in [0.2, 0.25) is 15.9 Å². The van der Waals surface area contributed by atoms with Gasteiger partial charge in [-0.25, -0.2) is 8.42 Å². The lowest BCUT2D eigenvalue weighted by Crippen LogP contribution is -2.19. The number of carboxylic acids is 1. The van der Waals surface area contributed by atoms with Crippen LogP contribution in [0.15, 0.2) is 18.2 Å². The van der Waals surface area contributed by atoms with Crippen LogP contribution >= 0.6 is 0 Å². The Kier molecular flexibility index (Phi) is 5.09. The van der Waals surface area contributed by atoms with Crippen LogP contribution in [0.3, 0.4) is 0 Å². The van der Waals surface area contributed by atoms with E-state index in [0.29, 0.717) is 5.56 Å². The zero-order valence-electron chi connectivity index (χ0n) is 10.9. The van der Waals surface area contributed by atoms with Gasteiger partial charge in [0.05, 0.1) is 11.4 Å². The molecule has 0 heterocycles. The lowest BCUT2D eigenvalue weighted by Gasteiger charge is -2.12. The van der Waals surface area contributed by atoms with Gasteiger partial charge in [0.25, 0.3) is 0 Å². The molecular formula is C12H16N2O5S. The van der Waals surface area contributed by atoms with Crippen LogP contribution < -0.4 is 10.5 Å². The highest BCUT2D eigenvalue weighted by molar-refractivity contribution is 7.92. The SMILES string of the molecule is Cc1c(NS(=O)(=O)CCCC(=O)O)cccc1C(N)=O. The van der Waals surface area contributed by atoms with Crippen molar-refractivity contribution >= 4 is 27.6 Å². The van der Waals surface area contributed by atoms with E-state index in [1.54, 1.807) is 6.92 Å². The number of carbonyl (C=O) groups excluding carboxylic acids is 1. The van der Waals surface area contributed by atoms with E-state index in [2.05, 4.69) is 4.72 Å². The molecule has 20 heavy (non-hydrogen) atoms. The van der Waals surface area contributed by atoms with E-state index in [9.17, 15) is 18.0 Å². The molecule has 0 saturated carbocycles. The molecule has 0 unspecified atom stereocenters. The summed E-state index contributed by atoms with van der Waals surface area (Å²) in [6.45, 7) is 1.58. The van der Waals surface area contributed by atoms with Gasteiger partial charge >= 0.3 is 5.97 Å². The first-order valence-electron chi connectivity index (χ1n) is 5.84. The van der Waals surface area contributed by atoms with Crippen molar-refractivity contribution in [3.63, 3.8) is 0 Å². The van der Waals surface area contributed by atoms with E-state index >= 15 is 0 Å². The highest BCUT2D eigenvalue weighted by atomic mass is 32.2. The second-order valence-corrected chi connectivity index (χ2v) is 6.10. The lowest BCUT2D eigenvalue weighted by atomic mass is 10.1. The normalized spacial score (nSPS) is 11.1. The number of sulfonamides is 1. The summed E-state index contributed by atoms with van der Waals surface area (Å²) in [7, 11) is -3.66. The van der Waals surface area contributed by atoms with Gasteiger partial charge in [-0.1, -0.05) is 6.07 Å². The Morgan fingerprint density at radius 3 is 2.55 bits per heavy atom. The topological polar surface area (TPSA) is 127 Å². The van der Waals surface area contributed by atoms with E-state index in [1.807, 2.05) is 0 Å².